The molecule has 106 valence electrons. The lowest BCUT2D eigenvalue weighted by Gasteiger charge is -2.48. The summed E-state index contributed by atoms with van der Waals surface area (Å²) in [5.74, 6) is 0.776. The molecular weight excluding hydrogens is 224 g/mol. The zero-order valence-electron chi connectivity index (χ0n) is 12.6. The molecule has 0 aromatic carbocycles. The van der Waals surface area contributed by atoms with Crippen LogP contribution in [0.15, 0.2) is 0 Å². The average molecular weight is 254 g/mol. The summed E-state index contributed by atoms with van der Waals surface area (Å²) < 4.78 is 6.17. The Kier molecular flexibility index (Phi) is 4.68. The third-order valence-electron chi connectivity index (χ3n) is 4.40. The van der Waals surface area contributed by atoms with E-state index in [-0.39, 0.29) is 5.60 Å². The highest BCUT2D eigenvalue weighted by Crippen LogP contribution is 2.31. The lowest BCUT2D eigenvalue weighted by atomic mass is 9.88. The molecule has 0 aromatic heterocycles. The fraction of sp³-hybridized carbons (Fsp3) is 1.00. The molecule has 0 amide bonds. The number of hydrogen-bond donors (Lipinski definition) is 0. The first-order valence-electron chi connectivity index (χ1n) is 7.61. The van der Waals surface area contributed by atoms with Gasteiger partial charge in [-0.3, -0.25) is 4.90 Å². The van der Waals surface area contributed by atoms with Crippen LogP contribution in [0.1, 0.15) is 40.5 Å². The minimum atomic E-state index is 0.163. The minimum absolute atomic E-state index is 0.163. The van der Waals surface area contributed by atoms with E-state index in [1.165, 1.54) is 32.5 Å². The normalized spacial score (nSPS) is 26.3. The first-order chi connectivity index (χ1) is 8.51. The standard InChI is InChI=1S/C15H30N2O/c1-13(2)11-16-7-5-15(6-8-16)12-17(14(3)4)9-10-18-15/h13-14H,5-12H2,1-4H3. The smallest absolute Gasteiger partial charge is 0.0833 e. The average Bonchev–Trinajstić information content (AvgIpc) is 2.32. The Bertz CT molecular complexity index is 257. The molecule has 2 saturated heterocycles. The van der Waals surface area contributed by atoms with Gasteiger partial charge in [-0.15, -0.1) is 0 Å². The second-order valence-corrected chi connectivity index (χ2v) is 6.79. The molecule has 0 aliphatic carbocycles. The largest absolute Gasteiger partial charge is 0.372 e. The number of rotatable bonds is 3. The van der Waals surface area contributed by atoms with Crippen LogP contribution in [0.3, 0.4) is 0 Å². The van der Waals surface area contributed by atoms with Crippen LogP contribution in [0.4, 0.5) is 0 Å². The number of piperidine rings is 1. The first kappa shape index (κ1) is 14.3. The summed E-state index contributed by atoms with van der Waals surface area (Å²) in [4.78, 5) is 5.19. The van der Waals surface area contributed by atoms with Crippen LogP contribution < -0.4 is 0 Å². The van der Waals surface area contributed by atoms with Crippen molar-refractivity contribution in [1.29, 1.82) is 0 Å². The maximum absolute atomic E-state index is 6.17. The van der Waals surface area contributed by atoms with Crippen LogP contribution in [0.2, 0.25) is 0 Å². The lowest BCUT2D eigenvalue weighted by Crippen LogP contribution is -2.58. The van der Waals surface area contributed by atoms with Crippen molar-refractivity contribution in [3.8, 4) is 0 Å². The molecule has 2 heterocycles. The Balaban J connectivity index is 1.87. The van der Waals surface area contributed by atoms with Gasteiger partial charge >= 0.3 is 0 Å². The molecule has 1 spiro atoms. The van der Waals surface area contributed by atoms with Gasteiger partial charge in [0.2, 0.25) is 0 Å². The zero-order chi connectivity index (χ0) is 13.2. The van der Waals surface area contributed by atoms with E-state index in [0.717, 1.165) is 25.6 Å². The summed E-state index contributed by atoms with van der Waals surface area (Å²) in [6.07, 6.45) is 2.42. The molecule has 0 saturated carbocycles. The van der Waals surface area contributed by atoms with Gasteiger partial charge in [0.15, 0.2) is 0 Å². The van der Waals surface area contributed by atoms with Crippen LogP contribution in [0, 0.1) is 5.92 Å². The molecule has 2 fully saturated rings. The Morgan fingerprint density at radius 3 is 2.28 bits per heavy atom. The van der Waals surface area contributed by atoms with Crippen molar-refractivity contribution in [3.05, 3.63) is 0 Å². The highest BCUT2D eigenvalue weighted by Gasteiger charge is 2.40. The molecule has 2 rings (SSSR count). The summed E-state index contributed by atoms with van der Waals surface area (Å²) in [6, 6.07) is 0.652. The van der Waals surface area contributed by atoms with Gasteiger partial charge in [-0.2, -0.15) is 0 Å². The number of likely N-dealkylation sites (tertiary alicyclic amines) is 1. The second kappa shape index (κ2) is 5.89. The van der Waals surface area contributed by atoms with Crippen molar-refractivity contribution in [2.24, 2.45) is 5.92 Å². The van der Waals surface area contributed by atoms with Crippen molar-refractivity contribution in [2.45, 2.75) is 52.2 Å². The van der Waals surface area contributed by atoms with Gasteiger partial charge in [0.1, 0.15) is 0 Å². The van der Waals surface area contributed by atoms with Crippen molar-refractivity contribution in [2.75, 3.05) is 39.3 Å². The van der Waals surface area contributed by atoms with Gasteiger partial charge in [-0.25, -0.2) is 0 Å². The maximum atomic E-state index is 6.17. The van der Waals surface area contributed by atoms with Crippen LogP contribution >= 0.6 is 0 Å². The molecule has 18 heavy (non-hydrogen) atoms. The zero-order valence-corrected chi connectivity index (χ0v) is 12.6. The quantitative estimate of drug-likeness (QED) is 0.768. The van der Waals surface area contributed by atoms with Crippen molar-refractivity contribution in [1.82, 2.24) is 9.80 Å². The van der Waals surface area contributed by atoms with E-state index in [1.807, 2.05) is 0 Å². The molecular formula is C15H30N2O. The maximum Gasteiger partial charge on any atom is 0.0833 e. The van der Waals surface area contributed by atoms with Crippen LogP contribution in [-0.4, -0.2) is 60.8 Å². The second-order valence-electron chi connectivity index (χ2n) is 6.79. The molecule has 0 radical (unpaired) electrons. The summed E-state index contributed by atoms with van der Waals surface area (Å²) >= 11 is 0. The molecule has 2 aliphatic rings. The summed E-state index contributed by atoms with van der Waals surface area (Å²) in [5, 5.41) is 0. The molecule has 0 N–H and O–H groups in total. The minimum Gasteiger partial charge on any atom is -0.372 e. The molecule has 3 nitrogen and oxygen atoms in total. The van der Waals surface area contributed by atoms with Gasteiger partial charge in [-0.05, 0) is 32.6 Å². The Labute approximate surface area is 112 Å². The SMILES string of the molecule is CC(C)CN1CCC2(CC1)CN(C(C)C)CCO2. The third kappa shape index (κ3) is 3.46. The van der Waals surface area contributed by atoms with E-state index in [1.54, 1.807) is 0 Å². The fourth-order valence-corrected chi connectivity index (χ4v) is 3.28. The van der Waals surface area contributed by atoms with E-state index < -0.39 is 0 Å². The van der Waals surface area contributed by atoms with Gasteiger partial charge in [0, 0.05) is 38.8 Å². The number of nitrogens with zero attached hydrogens (tertiary/aromatic N) is 2. The summed E-state index contributed by atoms with van der Waals surface area (Å²) in [7, 11) is 0. The summed E-state index contributed by atoms with van der Waals surface area (Å²) in [6.45, 7) is 16.0. The van der Waals surface area contributed by atoms with E-state index >= 15 is 0 Å². The first-order valence-corrected chi connectivity index (χ1v) is 7.61. The van der Waals surface area contributed by atoms with Gasteiger partial charge in [0.05, 0.1) is 12.2 Å². The predicted octanol–water partition coefficient (Wildman–Crippen LogP) is 2.22. The number of ether oxygens (including phenoxy) is 1. The van der Waals surface area contributed by atoms with Gasteiger partial charge in [-0.1, -0.05) is 13.8 Å². The van der Waals surface area contributed by atoms with Crippen molar-refractivity contribution >= 4 is 0 Å². The van der Waals surface area contributed by atoms with E-state index in [4.69, 9.17) is 4.74 Å². The fourth-order valence-electron chi connectivity index (χ4n) is 3.28. The van der Waals surface area contributed by atoms with E-state index in [9.17, 15) is 0 Å². The topological polar surface area (TPSA) is 15.7 Å². The predicted molar refractivity (Wildman–Crippen MR) is 75.9 cm³/mol. The van der Waals surface area contributed by atoms with Crippen LogP contribution in [0.25, 0.3) is 0 Å². The highest BCUT2D eigenvalue weighted by atomic mass is 16.5. The van der Waals surface area contributed by atoms with Crippen LogP contribution in [-0.2, 0) is 4.74 Å². The van der Waals surface area contributed by atoms with Gasteiger partial charge < -0.3 is 9.64 Å². The highest BCUT2D eigenvalue weighted by molar-refractivity contribution is 4.93. The van der Waals surface area contributed by atoms with Crippen LogP contribution in [0.5, 0.6) is 0 Å². The van der Waals surface area contributed by atoms with E-state index in [0.29, 0.717) is 6.04 Å². The third-order valence-corrected chi connectivity index (χ3v) is 4.40. The molecule has 0 unspecified atom stereocenters. The Morgan fingerprint density at radius 2 is 1.72 bits per heavy atom. The molecule has 0 atom stereocenters. The lowest BCUT2D eigenvalue weighted by molar-refractivity contribution is -0.141. The van der Waals surface area contributed by atoms with Crippen molar-refractivity contribution < 1.29 is 4.74 Å². The monoisotopic (exact) mass is 254 g/mol. The molecule has 0 aromatic rings. The number of morpholine rings is 1. The summed E-state index contributed by atoms with van der Waals surface area (Å²) in [5.41, 5.74) is 0.163. The Hall–Kier alpha value is -0.120. The molecule has 3 heteroatoms. The van der Waals surface area contributed by atoms with Gasteiger partial charge in [0.25, 0.3) is 0 Å². The Morgan fingerprint density at radius 1 is 1.06 bits per heavy atom. The molecule has 2 aliphatic heterocycles. The van der Waals surface area contributed by atoms with Crippen molar-refractivity contribution in [3.63, 3.8) is 0 Å². The number of hydrogen-bond acceptors (Lipinski definition) is 3. The molecule has 0 bridgehead atoms. The van der Waals surface area contributed by atoms with E-state index in [2.05, 4.69) is 37.5 Å².